The van der Waals surface area contributed by atoms with Gasteiger partial charge in [-0.15, -0.1) is 11.6 Å². The number of alkyl halides is 1. The van der Waals surface area contributed by atoms with Crippen molar-refractivity contribution in [1.29, 1.82) is 0 Å². The molecule has 1 heterocycles. The maximum atomic E-state index is 5.84. The lowest BCUT2D eigenvalue weighted by molar-refractivity contribution is 0.548. The Bertz CT molecular complexity index is 246. The average Bonchev–Trinajstić information content (AvgIpc) is 2.19. The SMILES string of the molecule is CCC(C)(CCl)Nc1ncccn1. The van der Waals surface area contributed by atoms with E-state index in [1.54, 1.807) is 18.5 Å². The number of nitrogens with one attached hydrogen (secondary N) is 1. The summed E-state index contributed by atoms with van der Waals surface area (Å²) < 4.78 is 0. The number of hydrogen-bond donors (Lipinski definition) is 1. The third-order valence-corrected chi connectivity index (χ3v) is 2.64. The van der Waals surface area contributed by atoms with Crippen LogP contribution in [0.3, 0.4) is 0 Å². The molecule has 1 aromatic heterocycles. The highest BCUT2D eigenvalue weighted by molar-refractivity contribution is 6.18. The lowest BCUT2D eigenvalue weighted by atomic mass is 10.0. The molecule has 72 valence electrons. The Kier molecular flexibility index (Phi) is 3.48. The molecule has 13 heavy (non-hydrogen) atoms. The normalized spacial score (nSPS) is 15.0. The van der Waals surface area contributed by atoms with E-state index in [1.165, 1.54) is 0 Å². The number of hydrogen-bond acceptors (Lipinski definition) is 3. The van der Waals surface area contributed by atoms with Crippen LogP contribution < -0.4 is 5.32 Å². The van der Waals surface area contributed by atoms with Gasteiger partial charge in [0.05, 0.1) is 5.54 Å². The summed E-state index contributed by atoms with van der Waals surface area (Å²) in [6.45, 7) is 4.13. The van der Waals surface area contributed by atoms with Crippen LogP contribution in [0.1, 0.15) is 20.3 Å². The standard InChI is InChI=1S/C9H14ClN3/c1-3-9(2,7-10)13-8-11-5-4-6-12-8/h4-6H,3,7H2,1-2H3,(H,11,12,13). The predicted octanol–water partition coefficient (Wildman–Crippen LogP) is 2.30. The summed E-state index contributed by atoms with van der Waals surface area (Å²) in [5, 5.41) is 3.20. The van der Waals surface area contributed by atoms with Gasteiger partial charge in [-0.1, -0.05) is 6.92 Å². The summed E-state index contributed by atoms with van der Waals surface area (Å²) in [7, 11) is 0. The molecule has 0 aromatic carbocycles. The molecule has 4 heteroatoms. The van der Waals surface area contributed by atoms with Gasteiger partial charge in [0.15, 0.2) is 0 Å². The van der Waals surface area contributed by atoms with E-state index in [0.717, 1.165) is 6.42 Å². The van der Waals surface area contributed by atoms with Crippen LogP contribution in [0.2, 0.25) is 0 Å². The van der Waals surface area contributed by atoms with Crippen LogP contribution in [0.25, 0.3) is 0 Å². The number of nitrogens with zero attached hydrogens (tertiary/aromatic N) is 2. The highest BCUT2D eigenvalue weighted by atomic mass is 35.5. The zero-order valence-electron chi connectivity index (χ0n) is 7.92. The Morgan fingerprint density at radius 2 is 2.08 bits per heavy atom. The van der Waals surface area contributed by atoms with E-state index in [0.29, 0.717) is 11.8 Å². The van der Waals surface area contributed by atoms with Gasteiger partial charge >= 0.3 is 0 Å². The first-order valence-corrected chi connectivity index (χ1v) is 4.85. The molecule has 0 saturated heterocycles. The van der Waals surface area contributed by atoms with Crippen molar-refractivity contribution in [1.82, 2.24) is 9.97 Å². The van der Waals surface area contributed by atoms with Crippen LogP contribution in [0, 0.1) is 0 Å². The highest BCUT2D eigenvalue weighted by Gasteiger charge is 2.20. The number of anilines is 1. The number of aromatic nitrogens is 2. The van der Waals surface area contributed by atoms with Crippen LogP contribution in [0.15, 0.2) is 18.5 Å². The predicted molar refractivity (Wildman–Crippen MR) is 55.1 cm³/mol. The average molecular weight is 200 g/mol. The second-order valence-corrected chi connectivity index (χ2v) is 3.51. The van der Waals surface area contributed by atoms with E-state index in [4.69, 9.17) is 11.6 Å². The lowest BCUT2D eigenvalue weighted by Gasteiger charge is -2.26. The minimum Gasteiger partial charge on any atom is -0.348 e. The Labute approximate surface area is 83.5 Å². The fourth-order valence-corrected chi connectivity index (χ4v) is 1.11. The van der Waals surface area contributed by atoms with E-state index in [9.17, 15) is 0 Å². The first-order chi connectivity index (χ1) is 6.20. The monoisotopic (exact) mass is 199 g/mol. The molecule has 1 unspecified atom stereocenters. The summed E-state index contributed by atoms with van der Waals surface area (Å²) in [6, 6.07) is 1.79. The van der Waals surface area contributed by atoms with Gasteiger partial charge in [-0.3, -0.25) is 0 Å². The summed E-state index contributed by atoms with van der Waals surface area (Å²) in [6.07, 6.45) is 4.36. The van der Waals surface area contributed by atoms with E-state index in [1.807, 2.05) is 0 Å². The maximum absolute atomic E-state index is 5.84. The molecule has 0 aliphatic rings. The Morgan fingerprint density at radius 1 is 1.46 bits per heavy atom. The zero-order valence-corrected chi connectivity index (χ0v) is 8.67. The first-order valence-electron chi connectivity index (χ1n) is 4.31. The minimum atomic E-state index is -0.122. The van der Waals surface area contributed by atoms with Gasteiger partial charge in [0, 0.05) is 18.3 Å². The van der Waals surface area contributed by atoms with Gasteiger partial charge in [0.25, 0.3) is 0 Å². The summed E-state index contributed by atoms with van der Waals surface area (Å²) >= 11 is 5.84. The second-order valence-electron chi connectivity index (χ2n) is 3.25. The summed E-state index contributed by atoms with van der Waals surface area (Å²) in [5.41, 5.74) is -0.122. The van der Waals surface area contributed by atoms with Crippen molar-refractivity contribution < 1.29 is 0 Å². The van der Waals surface area contributed by atoms with Crippen molar-refractivity contribution in [2.75, 3.05) is 11.2 Å². The van der Waals surface area contributed by atoms with Gasteiger partial charge in [0.1, 0.15) is 0 Å². The molecule has 0 fully saturated rings. The quantitative estimate of drug-likeness (QED) is 0.757. The van der Waals surface area contributed by atoms with Crippen molar-refractivity contribution >= 4 is 17.5 Å². The maximum Gasteiger partial charge on any atom is 0.223 e. The molecule has 1 aromatic rings. The van der Waals surface area contributed by atoms with Crippen molar-refractivity contribution in [2.24, 2.45) is 0 Å². The molecule has 3 nitrogen and oxygen atoms in total. The third kappa shape index (κ3) is 2.84. The van der Waals surface area contributed by atoms with Crippen LogP contribution in [0.5, 0.6) is 0 Å². The largest absolute Gasteiger partial charge is 0.348 e. The van der Waals surface area contributed by atoms with Crippen LogP contribution in [0.4, 0.5) is 5.95 Å². The summed E-state index contributed by atoms with van der Waals surface area (Å²) in [5.74, 6) is 1.18. The molecule has 0 bridgehead atoms. The van der Waals surface area contributed by atoms with E-state index < -0.39 is 0 Å². The van der Waals surface area contributed by atoms with Crippen LogP contribution in [-0.4, -0.2) is 21.4 Å². The smallest absolute Gasteiger partial charge is 0.223 e. The molecule has 1 N–H and O–H groups in total. The molecule has 0 radical (unpaired) electrons. The van der Waals surface area contributed by atoms with Gasteiger partial charge in [-0.05, 0) is 19.4 Å². The zero-order chi connectivity index (χ0) is 9.73. The van der Waals surface area contributed by atoms with Gasteiger partial charge in [0.2, 0.25) is 5.95 Å². The van der Waals surface area contributed by atoms with Crippen molar-refractivity contribution in [3.8, 4) is 0 Å². The van der Waals surface area contributed by atoms with Gasteiger partial charge in [-0.2, -0.15) is 0 Å². The van der Waals surface area contributed by atoms with E-state index in [2.05, 4.69) is 29.1 Å². The van der Waals surface area contributed by atoms with Gasteiger partial charge in [-0.25, -0.2) is 9.97 Å². The van der Waals surface area contributed by atoms with Crippen molar-refractivity contribution in [3.05, 3.63) is 18.5 Å². The van der Waals surface area contributed by atoms with Crippen molar-refractivity contribution in [2.45, 2.75) is 25.8 Å². The van der Waals surface area contributed by atoms with E-state index >= 15 is 0 Å². The molecule has 1 rings (SSSR count). The minimum absolute atomic E-state index is 0.122. The van der Waals surface area contributed by atoms with Crippen molar-refractivity contribution in [3.63, 3.8) is 0 Å². The number of halogens is 1. The third-order valence-electron chi connectivity index (χ3n) is 2.05. The molecule has 0 amide bonds. The Hall–Kier alpha value is -0.830. The van der Waals surface area contributed by atoms with Crippen LogP contribution >= 0.6 is 11.6 Å². The topological polar surface area (TPSA) is 37.8 Å². The van der Waals surface area contributed by atoms with E-state index in [-0.39, 0.29) is 5.54 Å². The van der Waals surface area contributed by atoms with Gasteiger partial charge < -0.3 is 5.32 Å². The van der Waals surface area contributed by atoms with Crippen LogP contribution in [-0.2, 0) is 0 Å². The molecular weight excluding hydrogens is 186 g/mol. The first kappa shape index (κ1) is 10.3. The fourth-order valence-electron chi connectivity index (χ4n) is 0.850. The Morgan fingerprint density at radius 3 is 2.54 bits per heavy atom. The molecule has 1 atom stereocenters. The molecule has 0 spiro atoms. The highest BCUT2D eigenvalue weighted by Crippen LogP contribution is 2.16. The second kappa shape index (κ2) is 4.42. The molecular formula is C9H14ClN3. The Balaban J connectivity index is 2.68. The lowest BCUT2D eigenvalue weighted by Crippen LogP contribution is -2.36. The molecule has 0 aliphatic carbocycles. The molecule has 0 aliphatic heterocycles. The molecule has 0 saturated carbocycles. The fraction of sp³-hybridized carbons (Fsp3) is 0.556. The summed E-state index contributed by atoms with van der Waals surface area (Å²) in [4.78, 5) is 8.16. The number of rotatable bonds is 4.